The summed E-state index contributed by atoms with van der Waals surface area (Å²) in [6.07, 6.45) is 0. The summed E-state index contributed by atoms with van der Waals surface area (Å²) in [4.78, 5) is 14.5. The molecule has 0 spiro atoms. The van der Waals surface area contributed by atoms with E-state index in [1.807, 2.05) is 24.3 Å². The molecule has 1 rings (SSSR count). The molecule has 2 nitrogen and oxygen atoms in total. The van der Waals surface area contributed by atoms with Crippen molar-refractivity contribution >= 4 is 17.5 Å². The van der Waals surface area contributed by atoms with Gasteiger partial charge in [-0.15, -0.1) is 11.8 Å². The second kappa shape index (κ2) is 6.24. The Hall–Kier alpha value is -1.40. The minimum atomic E-state index is -0.137. The standard InChI is InChI=1S/C13H15NOS/c1-4-16-12-7-5-11(6-8-12)13(15)9-10-14(2)3/h5-8H,4H2,1-3H3. The number of hydrogen-bond donors (Lipinski definition) is 0. The lowest BCUT2D eigenvalue weighted by Gasteiger charge is -2.00. The van der Waals surface area contributed by atoms with Crippen molar-refractivity contribution in [2.45, 2.75) is 11.8 Å². The second-order valence-corrected chi connectivity index (χ2v) is 4.76. The largest absolute Gasteiger partial charge is 0.338 e. The number of nitrogens with zero attached hydrogens (tertiary/aromatic N) is 1. The molecule has 0 saturated carbocycles. The molecule has 0 aliphatic rings. The lowest BCUT2D eigenvalue weighted by Crippen LogP contribution is -2.03. The summed E-state index contributed by atoms with van der Waals surface area (Å²) < 4.78 is 0. The van der Waals surface area contributed by atoms with Crippen molar-refractivity contribution in [2.24, 2.45) is 0 Å². The third-order valence-electron chi connectivity index (χ3n) is 1.82. The molecule has 0 bridgehead atoms. The summed E-state index contributed by atoms with van der Waals surface area (Å²) in [5.41, 5.74) is 0.648. The number of thioether (sulfide) groups is 1. The molecule has 84 valence electrons. The van der Waals surface area contributed by atoms with Crippen molar-refractivity contribution in [1.82, 2.24) is 4.90 Å². The first-order valence-corrected chi connectivity index (χ1v) is 6.08. The van der Waals surface area contributed by atoms with Crippen molar-refractivity contribution in [3.8, 4) is 12.0 Å². The predicted molar refractivity (Wildman–Crippen MR) is 68.6 cm³/mol. The fourth-order valence-electron chi connectivity index (χ4n) is 1.10. The Labute approximate surface area is 101 Å². The molecule has 1 aromatic rings. The quantitative estimate of drug-likeness (QED) is 0.346. The van der Waals surface area contributed by atoms with Gasteiger partial charge in [-0.2, -0.15) is 0 Å². The van der Waals surface area contributed by atoms with E-state index in [-0.39, 0.29) is 5.78 Å². The van der Waals surface area contributed by atoms with Crippen LogP contribution < -0.4 is 0 Å². The van der Waals surface area contributed by atoms with E-state index in [4.69, 9.17) is 0 Å². The third kappa shape index (κ3) is 4.00. The molecule has 0 unspecified atom stereocenters. The Morgan fingerprint density at radius 1 is 1.31 bits per heavy atom. The van der Waals surface area contributed by atoms with Crippen molar-refractivity contribution < 1.29 is 4.79 Å². The summed E-state index contributed by atoms with van der Waals surface area (Å²) in [5, 5.41) is 0. The highest BCUT2D eigenvalue weighted by atomic mass is 32.2. The van der Waals surface area contributed by atoms with E-state index in [1.165, 1.54) is 4.90 Å². The molecular weight excluding hydrogens is 218 g/mol. The SMILES string of the molecule is CCSc1ccc(C(=O)C#CN(C)C)cc1. The van der Waals surface area contributed by atoms with Gasteiger partial charge < -0.3 is 4.90 Å². The maximum atomic E-state index is 11.6. The molecule has 16 heavy (non-hydrogen) atoms. The van der Waals surface area contributed by atoms with Crippen LogP contribution in [0.3, 0.4) is 0 Å². The highest BCUT2D eigenvalue weighted by Crippen LogP contribution is 2.17. The first-order valence-electron chi connectivity index (χ1n) is 5.09. The predicted octanol–water partition coefficient (Wildman–Crippen LogP) is 2.50. The Kier molecular flexibility index (Phi) is 4.94. The molecule has 0 heterocycles. The highest BCUT2D eigenvalue weighted by Gasteiger charge is 2.01. The van der Waals surface area contributed by atoms with Gasteiger partial charge in [-0.05, 0) is 35.9 Å². The molecule has 0 radical (unpaired) electrons. The van der Waals surface area contributed by atoms with Crippen LogP contribution in [0.2, 0.25) is 0 Å². The molecule has 1 aromatic carbocycles. The van der Waals surface area contributed by atoms with E-state index in [0.29, 0.717) is 5.56 Å². The van der Waals surface area contributed by atoms with Crippen LogP contribution in [0.5, 0.6) is 0 Å². The first-order chi connectivity index (χ1) is 7.63. The minimum absolute atomic E-state index is 0.137. The Balaban J connectivity index is 2.75. The zero-order chi connectivity index (χ0) is 12.0. The first kappa shape index (κ1) is 12.7. The Morgan fingerprint density at radius 3 is 2.44 bits per heavy atom. The molecule has 0 amide bonds. The van der Waals surface area contributed by atoms with Crippen molar-refractivity contribution in [2.75, 3.05) is 19.8 Å². The van der Waals surface area contributed by atoms with Crippen LogP contribution in [0.1, 0.15) is 17.3 Å². The smallest absolute Gasteiger partial charge is 0.237 e. The second-order valence-electron chi connectivity index (χ2n) is 3.42. The van der Waals surface area contributed by atoms with E-state index in [0.717, 1.165) is 5.75 Å². The van der Waals surface area contributed by atoms with E-state index >= 15 is 0 Å². The zero-order valence-electron chi connectivity index (χ0n) is 9.78. The van der Waals surface area contributed by atoms with Crippen LogP contribution in [0, 0.1) is 12.0 Å². The van der Waals surface area contributed by atoms with Crippen LogP contribution >= 0.6 is 11.8 Å². The van der Waals surface area contributed by atoms with Gasteiger partial charge >= 0.3 is 0 Å². The summed E-state index contributed by atoms with van der Waals surface area (Å²) in [7, 11) is 3.61. The molecule has 0 aromatic heterocycles. The average Bonchev–Trinajstić information content (AvgIpc) is 2.27. The lowest BCUT2D eigenvalue weighted by atomic mass is 10.1. The number of benzene rings is 1. The van der Waals surface area contributed by atoms with Crippen LogP contribution in [-0.4, -0.2) is 30.5 Å². The van der Waals surface area contributed by atoms with Crippen LogP contribution in [0.15, 0.2) is 29.2 Å². The third-order valence-corrected chi connectivity index (χ3v) is 2.71. The lowest BCUT2D eigenvalue weighted by molar-refractivity contribution is 0.105. The van der Waals surface area contributed by atoms with Crippen LogP contribution in [-0.2, 0) is 0 Å². The van der Waals surface area contributed by atoms with Gasteiger partial charge in [0.2, 0.25) is 5.78 Å². The highest BCUT2D eigenvalue weighted by molar-refractivity contribution is 7.99. The van der Waals surface area contributed by atoms with Crippen LogP contribution in [0.25, 0.3) is 0 Å². The van der Waals surface area contributed by atoms with Gasteiger partial charge in [0.05, 0.1) is 0 Å². The molecular formula is C13H15NOS. The fourth-order valence-corrected chi connectivity index (χ4v) is 1.77. The monoisotopic (exact) mass is 233 g/mol. The van der Waals surface area contributed by atoms with Gasteiger partial charge in [-0.1, -0.05) is 6.92 Å². The molecule has 0 fully saturated rings. The van der Waals surface area contributed by atoms with Crippen molar-refractivity contribution in [3.63, 3.8) is 0 Å². The van der Waals surface area contributed by atoms with E-state index in [9.17, 15) is 4.79 Å². The maximum Gasteiger partial charge on any atom is 0.237 e. The maximum absolute atomic E-state index is 11.6. The number of hydrogen-bond acceptors (Lipinski definition) is 3. The number of Topliss-reactive ketones (excluding diaryl/α,β-unsaturated/α-hetero) is 1. The average molecular weight is 233 g/mol. The van der Waals surface area contributed by atoms with Crippen molar-refractivity contribution in [1.29, 1.82) is 0 Å². The van der Waals surface area contributed by atoms with E-state index in [1.54, 1.807) is 30.8 Å². The topological polar surface area (TPSA) is 20.3 Å². The fraction of sp³-hybridized carbons (Fsp3) is 0.308. The summed E-state index contributed by atoms with van der Waals surface area (Å²) in [5.74, 6) is 3.48. The summed E-state index contributed by atoms with van der Waals surface area (Å²) in [6.45, 7) is 2.10. The normalized spacial score (nSPS) is 9.19. The van der Waals surface area contributed by atoms with Gasteiger partial charge in [0.15, 0.2) is 0 Å². The van der Waals surface area contributed by atoms with Crippen molar-refractivity contribution in [3.05, 3.63) is 29.8 Å². The van der Waals surface area contributed by atoms with Gasteiger partial charge in [0, 0.05) is 30.6 Å². The number of carbonyl (C=O) groups excluding carboxylic acids is 1. The molecule has 0 aliphatic carbocycles. The molecule has 0 N–H and O–H groups in total. The van der Waals surface area contributed by atoms with Gasteiger partial charge in [-0.3, -0.25) is 4.79 Å². The van der Waals surface area contributed by atoms with Crippen LogP contribution in [0.4, 0.5) is 0 Å². The van der Waals surface area contributed by atoms with E-state index < -0.39 is 0 Å². The number of carbonyl (C=O) groups is 1. The molecule has 0 atom stereocenters. The Morgan fingerprint density at radius 2 is 1.94 bits per heavy atom. The van der Waals surface area contributed by atoms with Gasteiger partial charge in [-0.25, -0.2) is 0 Å². The zero-order valence-corrected chi connectivity index (χ0v) is 10.6. The number of rotatable bonds is 3. The Bertz CT molecular complexity index is 412. The summed E-state index contributed by atoms with van der Waals surface area (Å²) in [6, 6.07) is 10.3. The molecule has 0 aliphatic heterocycles. The molecule has 3 heteroatoms. The minimum Gasteiger partial charge on any atom is -0.338 e. The van der Waals surface area contributed by atoms with E-state index in [2.05, 4.69) is 18.9 Å². The van der Waals surface area contributed by atoms with Gasteiger partial charge in [0.25, 0.3) is 0 Å². The van der Waals surface area contributed by atoms with Gasteiger partial charge in [0.1, 0.15) is 0 Å². The molecule has 0 saturated heterocycles. The summed E-state index contributed by atoms with van der Waals surface area (Å²) >= 11 is 1.76. The number of ketones is 1.